The van der Waals surface area contributed by atoms with E-state index >= 15 is 0 Å². The zero-order valence-corrected chi connectivity index (χ0v) is 10.2. The fourth-order valence-corrected chi connectivity index (χ4v) is 2.36. The van der Waals surface area contributed by atoms with Gasteiger partial charge in [0, 0.05) is 23.8 Å². The molecule has 1 fully saturated rings. The summed E-state index contributed by atoms with van der Waals surface area (Å²) in [5.74, 6) is -0.0218. The first kappa shape index (κ1) is 12.0. The van der Waals surface area contributed by atoms with Crippen molar-refractivity contribution < 1.29 is 4.79 Å². The van der Waals surface area contributed by atoms with Crippen molar-refractivity contribution in [3.05, 3.63) is 29.6 Å². The second-order valence-electron chi connectivity index (χ2n) is 4.96. The zero-order valence-electron chi connectivity index (χ0n) is 10.2. The summed E-state index contributed by atoms with van der Waals surface area (Å²) < 4.78 is 0. The van der Waals surface area contributed by atoms with Gasteiger partial charge in [0.05, 0.1) is 5.69 Å². The van der Waals surface area contributed by atoms with Gasteiger partial charge in [-0.05, 0) is 31.9 Å². The first-order valence-corrected chi connectivity index (χ1v) is 6.10. The van der Waals surface area contributed by atoms with Crippen LogP contribution in [0, 0.1) is 0 Å². The highest BCUT2D eigenvalue weighted by atomic mass is 16.1. The molecule has 1 aromatic rings. The molecule has 1 aliphatic rings. The molecule has 1 aromatic heterocycles. The number of nitrogens with two attached hydrogens (primary N) is 1. The van der Waals surface area contributed by atoms with Crippen LogP contribution in [-0.4, -0.2) is 16.4 Å². The molecule has 1 heterocycles. The molecule has 1 saturated carbocycles. The summed E-state index contributed by atoms with van der Waals surface area (Å²) >= 11 is 0. The third-order valence-electron chi connectivity index (χ3n) is 3.41. The number of hydrogen-bond donors (Lipinski definition) is 2. The van der Waals surface area contributed by atoms with Crippen molar-refractivity contribution in [2.75, 3.05) is 0 Å². The van der Waals surface area contributed by atoms with Gasteiger partial charge in [0.1, 0.15) is 0 Å². The van der Waals surface area contributed by atoms with E-state index in [1.165, 1.54) is 12.8 Å². The van der Waals surface area contributed by atoms with Gasteiger partial charge in [-0.15, -0.1) is 0 Å². The minimum Gasteiger partial charge on any atom is -0.347 e. The lowest BCUT2D eigenvalue weighted by molar-refractivity contribution is 0.0908. The van der Waals surface area contributed by atoms with E-state index in [2.05, 4.69) is 17.2 Å². The summed E-state index contributed by atoms with van der Waals surface area (Å²) in [7, 11) is 0. The summed E-state index contributed by atoms with van der Waals surface area (Å²) in [5.41, 5.74) is 6.87. The van der Waals surface area contributed by atoms with E-state index < -0.39 is 0 Å². The number of aromatic nitrogens is 1. The molecule has 3 N–H and O–H groups in total. The zero-order chi connectivity index (χ0) is 12.3. The van der Waals surface area contributed by atoms with E-state index in [1.54, 1.807) is 18.3 Å². The monoisotopic (exact) mass is 233 g/mol. The first-order chi connectivity index (χ1) is 8.13. The van der Waals surface area contributed by atoms with Crippen LogP contribution in [0.15, 0.2) is 18.3 Å². The maximum atomic E-state index is 12.1. The van der Waals surface area contributed by atoms with Gasteiger partial charge in [-0.1, -0.05) is 12.8 Å². The Morgan fingerprint density at radius 3 is 2.88 bits per heavy atom. The van der Waals surface area contributed by atoms with Crippen LogP contribution in [0.4, 0.5) is 0 Å². The number of amides is 1. The minimum absolute atomic E-state index is 0.0218. The van der Waals surface area contributed by atoms with Crippen LogP contribution in [0.3, 0.4) is 0 Å². The second kappa shape index (κ2) is 4.84. The normalized spacial score (nSPS) is 18.0. The van der Waals surface area contributed by atoms with E-state index in [1.807, 2.05) is 0 Å². The van der Waals surface area contributed by atoms with E-state index in [0.29, 0.717) is 12.1 Å². The Kier molecular flexibility index (Phi) is 3.43. The summed E-state index contributed by atoms with van der Waals surface area (Å²) in [4.78, 5) is 16.2. The second-order valence-corrected chi connectivity index (χ2v) is 4.96. The standard InChI is InChI=1S/C13H19N3O/c1-13(5-2-3-6-13)16-12(17)10-4-7-15-11(8-10)9-14/h4,7-8H,2-3,5-6,9,14H2,1H3,(H,16,17). The van der Waals surface area contributed by atoms with Crippen molar-refractivity contribution in [2.24, 2.45) is 5.73 Å². The molecule has 1 amide bonds. The van der Waals surface area contributed by atoms with E-state index in [4.69, 9.17) is 5.73 Å². The minimum atomic E-state index is -0.0385. The van der Waals surface area contributed by atoms with Crippen LogP contribution in [-0.2, 0) is 6.54 Å². The summed E-state index contributed by atoms with van der Waals surface area (Å²) in [6, 6.07) is 3.49. The largest absolute Gasteiger partial charge is 0.347 e. The van der Waals surface area contributed by atoms with Crippen molar-refractivity contribution in [1.82, 2.24) is 10.3 Å². The maximum absolute atomic E-state index is 12.1. The molecule has 4 nitrogen and oxygen atoms in total. The Labute approximate surface area is 102 Å². The van der Waals surface area contributed by atoms with E-state index in [9.17, 15) is 4.79 Å². The molecule has 0 radical (unpaired) electrons. The number of carbonyl (C=O) groups excluding carboxylic acids is 1. The van der Waals surface area contributed by atoms with Crippen molar-refractivity contribution in [1.29, 1.82) is 0 Å². The molecule has 0 spiro atoms. The quantitative estimate of drug-likeness (QED) is 0.833. The van der Waals surface area contributed by atoms with Gasteiger partial charge in [-0.3, -0.25) is 9.78 Å². The highest BCUT2D eigenvalue weighted by Gasteiger charge is 2.30. The maximum Gasteiger partial charge on any atom is 0.251 e. The van der Waals surface area contributed by atoms with Gasteiger partial charge in [0.2, 0.25) is 0 Å². The molecule has 4 heteroatoms. The predicted octanol–water partition coefficient (Wildman–Crippen LogP) is 1.60. The highest BCUT2D eigenvalue weighted by molar-refractivity contribution is 5.94. The molecule has 0 aliphatic heterocycles. The number of carbonyl (C=O) groups is 1. The topological polar surface area (TPSA) is 68.0 Å². The average molecular weight is 233 g/mol. The van der Waals surface area contributed by atoms with Gasteiger partial charge in [0.25, 0.3) is 5.91 Å². The fourth-order valence-electron chi connectivity index (χ4n) is 2.36. The third kappa shape index (κ3) is 2.82. The lowest BCUT2D eigenvalue weighted by Crippen LogP contribution is -2.43. The fraction of sp³-hybridized carbons (Fsp3) is 0.538. The van der Waals surface area contributed by atoms with Gasteiger partial charge >= 0.3 is 0 Å². The number of rotatable bonds is 3. The molecule has 0 saturated heterocycles. The van der Waals surface area contributed by atoms with Crippen LogP contribution in [0.5, 0.6) is 0 Å². The van der Waals surface area contributed by atoms with Crippen LogP contribution in [0.25, 0.3) is 0 Å². The molecule has 0 unspecified atom stereocenters. The number of nitrogens with one attached hydrogen (secondary N) is 1. The summed E-state index contributed by atoms with van der Waals surface area (Å²) in [6.07, 6.45) is 6.15. The number of hydrogen-bond acceptors (Lipinski definition) is 3. The van der Waals surface area contributed by atoms with E-state index in [0.717, 1.165) is 18.5 Å². The molecular formula is C13H19N3O. The Bertz CT molecular complexity index is 411. The molecule has 2 rings (SSSR count). The Morgan fingerprint density at radius 1 is 1.53 bits per heavy atom. The van der Waals surface area contributed by atoms with Crippen molar-refractivity contribution >= 4 is 5.91 Å². The summed E-state index contributed by atoms with van der Waals surface area (Å²) in [6.45, 7) is 2.47. The van der Waals surface area contributed by atoms with Gasteiger partial charge in [-0.2, -0.15) is 0 Å². The van der Waals surface area contributed by atoms with Crippen molar-refractivity contribution in [3.63, 3.8) is 0 Å². The molecule has 1 aliphatic carbocycles. The molecule has 92 valence electrons. The SMILES string of the molecule is CC1(NC(=O)c2ccnc(CN)c2)CCCC1. The first-order valence-electron chi connectivity index (χ1n) is 6.10. The van der Waals surface area contributed by atoms with Gasteiger partial charge in [-0.25, -0.2) is 0 Å². The highest BCUT2D eigenvalue weighted by Crippen LogP contribution is 2.29. The van der Waals surface area contributed by atoms with Crippen molar-refractivity contribution in [3.8, 4) is 0 Å². The van der Waals surface area contributed by atoms with Crippen LogP contribution in [0.2, 0.25) is 0 Å². The molecule has 0 atom stereocenters. The third-order valence-corrected chi connectivity index (χ3v) is 3.41. The van der Waals surface area contributed by atoms with Gasteiger partial charge < -0.3 is 11.1 Å². The van der Waals surface area contributed by atoms with Gasteiger partial charge in [0.15, 0.2) is 0 Å². The lowest BCUT2D eigenvalue weighted by atomic mass is 10.00. The number of pyridine rings is 1. The van der Waals surface area contributed by atoms with E-state index in [-0.39, 0.29) is 11.4 Å². The molecule has 17 heavy (non-hydrogen) atoms. The molecule has 0 aromatic carbocycles. The van der Waals surface area contributed by atoms with Crippen LogP contribution >= 0.6 is 0 Å². The predicted molar refractivity (Wildman–Crippen MR) is 66.5 cm³/mol. The van der Waals surface area contributed by atoms with Crippen LogP contribution in [0.1, 0.15) is 48.7 Å². The molecular weight excluding hydrogens is 214 g/mol. The Hall–Kier alpha value is -1.42. The van der Waals surface area contributed by atoms with Crippen LogP contribution < -0.4 is 11.1 Å². The Morgan fingerprint density at radius 2 is 2.24 bits per heavy atom. The summed E-state index contributed by atoms with van der Waals surface area (Å²) in [5, 5.41) is 3.12. The average Bonchev–Trinajstić information content (AvgIpc) is 2.76. The van der Waals surface area contributed by atoms with Crippen molar-refractivity contribution in [2.45, 2.75) is 44.7 Å². The lowest BCUT2D eigenvalue weighted by Gasteiger charge is -2.25. The Balaban J connectivity index is 2.08. The smallest absolute Gasteiger partial charge is 0.251 e. The molecule has 0 bridgehead atoms. The number of nitrogens with zero attached hydrogens (tertiary/aromatic N) is 1.